The average molecular weight is 603 g/mol. The van der Waals surface area contributed by atoms with E-state index in [1.165, 1.54) is 63.9 Å². The van der Waals surface area contributed by atoms with Crippen LogP contribution in [0.5, 0.6) is 0 Å². The van der Waals surface area contributed by atoms with Gasteiger partial charge in [0, 0.05) is 6.54 Å². The number of hydrogen-bond acceptors (Lipinski definition) is 7. The molecule has 0 aromatic rings. The number of nitrogens with two attached hydrogens (primary N) is 1. The van der Waals surface area contributed by atoms with Crippen molar-refractivity contribution in [2.45, 2.75) is 135 Å². The summed E-state index contributed by atoms with van der Waals surface area (Å²) in [6.45, 7) is 3.80. The first kappa shape index (κ1) is 39.7. The number of unbranched alkanes of at least 4 members (excludes halogenated alkanes) is 11. The maximum Gasteiger partial charge on any atom is 0.472 e. The molecule has 6 N–H and O–H groups in total. The highest BCUT2D eigenvalue weighted by atomic mass is 31.2. The number of carbonyl (C=O) groups excluding carboxylic acids is 1. The summed E-state index contributed by atoms with van der Waals surface area (Å²) >= 11 is 0. The van der Waals surface area contributed by atoms with Gasteiger partial charge in [0.05, 0.1) is 37.9 Å². The van der Waals surface area contributed by atoms with Gasteiger partial charge in [0.15, 0.2) is 0 Å². The lowest BCUT2D eigenvalue weighted by atomic mass is 10.1. The van der Waals surface area contributed by atoms with Gasteiger partial charge in [-0.1, -0.05) is 102 Å². The van der Waals surface area contributed by atoms with Gasteiger partial charge < -0.3 is 26.2 Å². The molecule has 0 rings (SSSR count). The van der Waals surface area contributed by atoms with Gasteiger partial charge in [-0.2, -0.15) is 0 Å². The molecule has 10 heteroatoms. The zero-order chi connectivity index (χ0) is 30.6. The Morgan fingerprint density at radius 1 is 0.829 bits per heavy atom. The van der Waals surface area contributed by atoms with Crippen LogP contribution in [-0.2, 0) is 18.4 Å². The lowest BCUT2D eigenvalue weighted by Gasteiger charge is -2.23. The molecule has 240 valence electrons. The van der Waals surface area contributed by atoms with E-state index in [9.17, 15) is 24.5 Å². The molecular formula is C31H59N2O7P. The van der Waals surface area contributed by atoms with Gasteiger partial charge in [-0.3, -0.25) is 13.8 Å². The molecule has 4 unspecified atom stereocenters. The fourth-order valence-electron chi connectivity index (χ4n) is 4.07. The summed E-state index contributed by atoms with van der Waals surface area (Å²) in [5.41, 5.74) is 5.31. The largest absolute Gasteiger partial charge is 0.472 e. The Bertz CT molecular complexity index is 761. The molecule has 0 heterocycles. The topological polar surface area (TPSA) is 151 Å². The third kappa shape index (κ3) is 26.1. The average Bonchev–Trinajstić information content (AvgIpc) is 2.94. The Morgan fingerprint density at radius 2 is 1.39 bits per heavy atom. The van der Waals surface area contributed by atoms with E-state index < -0.39 is 38.6 Å². The van der Waals surface area contributed by atoms with Gasteiger partial charge in [0.25, 0.3) is 0 Å². The van der Waals surface area contributed by atoms with Crippen molar-refractivity contribution in [2.24, 2.45) is 5.73 Å². The number of nitrogens with one attached hydrogen (secondary N) is 1. The summed E-state index contributed by atoms with van der Waals surface area (Å²) in [6.07, 6.45) is 25.5. The van der Waals surface area contributed by atoms with Crippen LogP contribution in [0.15, 0.2) is 36.5 Å². The number of hydrogen-bond donors (Lipinski definition) is 5. The molecule has 0 radical (unpaired) electrons. The van der Waals surface area contributed by atoms with Crippen LogP contribution in [-0.4, -0.2) is 59.0 Å². The van der Waals surface area contributed by atoms with Crippen molar-refractivity contribution < 1.29 is 33.5 Å². The third-order valence-corrected chi connectivity index (χ3v) is 7.48. The van der Waals surface area contributed by atoms with E-state index in [1.807, 2.05) is 18.2 Å². The van der Waals surface area contributed by atoms with Crippen LogP contribution in [0.2, 0.25) is 0 Å². The summed E-state index contributed by atoms with van der Waals surface area (Å²) in [5.74, 6) is -0.497. The van der Waals surface area contributed by atoms with Gasteiger partial charge in [-0.15, -0.1) is 0 Å². The molecule has 0 saturated heterocycles. The van der Waals surface area contributed by atoms with Gasteiger partial charge in [0.1, 0.15) is 0 Å². The fourth-order valence-corrected chi connectivity index (χ4v) is 4.83. The number of rotatable bonds is 28. The zero-order valence-corrected chi connectivity index (χ0v) is 26.5. The quantitative estimate of drug-likeness (QED) is 0.0401. The minimum Gasteiger partial charge on any atom is -0.392 e. The predicted octanol–water partition coefficient (Wildman–Crippen LogP) is 6.24. The number of aliphatic hydroxyl groups is 2. The molecule has 41 heavy (non-hydrogen) atoms. The Hall–Kier alpha value is -1.32. The van der Waals surface area contributed by atoms with E-state index in [-0.39, 0.29) is 19.6 Å². The van der Waals surface area contributed by atoms with Crippen molar-refractivity contribution in [2.75, 3.05) is 19.8 Å². The smallest absolute Gasteiger partial charge is 0.392 e. The summed E-state index contributed by atoms with van der Waals surface area (Å²) < 4.78 is 21.8. The molecule has 0 aliphatic carbocycles. The molecular weight excluding hydrogens is 543 g/mol. The van der Waals surface area contributed by atoms with Crippen molar-refractivity contribution in [3.63, 3.8) is 0 Å². The van der Waals surface area contributed by atoms with Gasteiger partial charge in [0.2, 0.25) is 5.91 Å². The van der Waals surface area contributed by atoms with E-state index in [4.69, 9.17) is 14.8 Å². The molecule has 0 spiro atoms. The number of aliphatic hydroxyl groups excluding tert-OH is 2. The molecule has 9 nitrogen and oxygen atoms in total. The molecule has 0 aliphatic rings. The molecule has 0 aromatic carbocycles. The highest BCUT2D eigenvalue weighted by molar-refractivity contribution is 7.47. The minimum atomic E-state index is -4.40. The van der Waals surface area contributed by atoms with Gasteiger partial charge in [-0.05, 0) is 44.9 Å². The van der Waals surface area contributed by atoms with E-state index in [1.54, 1.807) is 0 Å². The summed E-state index contributed by atoms with van der Waals surface area (Å²) in [5, 5.41) is 23.6. The summed E-state index contributed by atoms with van der Waals surface area (Å²) in [4.78, 5) is 22.4. The molecule has 0 saturated carbocycles. The maximum absolute atomic E-state index is 12.6. The fraction of sp³-hybridized carbons (Fsp3) is 0.774. The molecule has 0 aromatic heterocycles. The number of amides is 1. The first-order valence-electron chi connectivity index (χ1n) is 15.7. The van der Waals surface area contributed by atoms with Crippen molar-refractivity contribution in [1.29, 1.82) is 0 Å². The molecule has 4 atom stereocenters. The normalized spacial score (nSPS) is 16.0. The Balaban J connectivity index is 4.72. The standard InChI is InChI=1S/C31H59N2O7P/c1-3-5-7-9-11-12-13-14-15-17-19-21-23-30(35)29(27-40-41(37,38)39-25-24-32)33-31(36)26-28(34)22-20-18-16-10-8-6-4-2/h14-15,18,20-21,23,28-30,34-35H,3-13,16-17,19,22,24-27,32H2,1-2H3,(H,33,36)(H,37,38)/b15-14+,20-18-,23-21+. The van der Waals surface area contributed by atoms with E-state index in [2.05, 4.69) is 31.3 Å². The lowest BCUT2D eigenvalue weighted by molar-refractivity contribution is -0.124. The molecule has 0 fully saturated rings. The number of phosphoric ester groups is 1. The summed E-state index contributed by atoms with van der Waals surface area (Å²) in [6, 6.07) is -1.01. The third-order valence-electron chi connectivity index (χ3n) is 6.49. The lowest BCUT2D eigenvalue weighted by Crippen LogP contribution is -2.46. The van der Waals surface area contributed by atoms with Gasteiger partial charge >= 0.3 is 7.82 Å². The molecule has 0 bridgehead atoms. The summed E-state index contributed by atoms with van der Waals surface area (Å²) in [7, 11) is -4.40. The Morgan fingerprint density at radius 3 is 2.05 bits per heavy atom. The zero-order valence-electron chi connectivity index (χ0n) is 25.6. The number of carbonyl (C=O) groups is 1. The van der Waals surface area contributed by atoms with E-state index >= 15 is 0 Å². The number of allylic oxidation sites excluding steroid dienone is 4. The highest BCUT2D eigenvalue weighted by Gasteiger charge is 2.27. The SMILES string of the molecule is CCCCCC/C=C\CC(O)CC(=O)NC(COP(=O)(O)OCCN)C(O)/C=C/CC/C=C/CCCCCCCC. The first-order chi connectivity index (χ1) is 19.8. The van der Waals surface area contributed by atoms with Crippen LogP contribution < -0.4 is 11.1 Å². The monoisotopic (exact) mass is 602 g/mol. The van der Waals surface area contributed by atoms with Crippen LogP contribution in [0, 0.1) is 0 Å². The Kier molecular flexibility index (Phi) is 26.6. The molecule has 0 aliphatic heterocycles. The van der Waals surface area contributed by atoms with Crippen LogP contribution in [0.25, 0.3) is 0 Å². The maximum atomic E-state index is 12.6. The van der Waals surface area contributed by atoms with Gasteiger partial charge in [-0.25, -0.2) is 4.57 Å². The Labute approximate surface area is 249 Å². The second-order valence-electron chi connectivity index (χ2n) is 10.5. The van der Waals surface area contributed by atoms with Crippen molar-refractivity contribution in [1.82, 2.24) is 5.32 Å². The van der Waals surface area contributed by atoms with Crippen LogP contribution in [0.4, 0.5) is 0 Å². The van der Waals surface area contributed by atoms with Crippen LogP contribution >= 0.6 is 7.82 Å². The second-order valence-corrected chi connectivity index (χ2v) is 12.0. The first-order valence-corrected chi connectivity index (χ1v) is 17.2. The van der Waals surface area contributed by atoms with E-state index in [0.717, 1.165) is 25.7 Å². The minimum absolute atomic E-state index is 0.0396. The predicted molar refractivity (Wildman–Crippen MR) is 167 cm³/mol. The van der Waals surface area contributed by atoms with Crippen molar-refractivity contribution in [3.05, 3.63) is 36.5 Å². The van der Waals surface area contributed by atoms with Crippen LogP contribution in [0.1, 0.15) is 117 Å². The number of phosphoric acid groups is 1. The molecule has 1 amide bonds. The second kappa shape index (κ2) is 27.5. The van der Waals surface area contributed by atoms with Crippen LogP contribution in [0.3, 0.4) is 0 Å². The van der Waals surface area contributed by atoms with Crippen molar-refractivity contribution >= 4 is 13.7 Å². The van der Waals surface area contributed by atoms with E-state index in [0.29, 0.717) is 12.8 Å². The van der Waals surface area contributed by atoms with Crippen molar-refractivity contribution in [3.8, 4) is 0 Å². The highest BCUT2D eigenvalue weighted by Crippen LogP contribution is 2.43.